The van der Waals surface area contributed by atoms with Crippen LogP contribution in [0.3, 0.4) is 0 Å². The zero-order chi connectivity index (χ0) is 18.8. The number of nitrogens with one attached hydrogen (secondary N) is 1. The number of H-pyrrole nitrogens is 1. The van der Waals surface area contributed by atoms with E-state index in [0.29, 0.717) is 5.92 Å². The molecule has 0 spiro atoms. The summed E-state index contributed by atoms with van der Waals surface area (Å²) >= 11 is 0. The summed E-state index contributed by atoms with van der Waals surface area (Å²) in [6, 6.07) is 6.14. The van der Waals surface area contributed by atoms with Gasteiger partial charge in [0.2, 0.25) is 0 Å². The largest absolute Gasteiger partial charge is 0.354 e. The Labute approximate surface area is 164 Å². The molecular formula is C20H26N8. The van der Waals surface area contributed by atoms with Crippen molar-refractivity contribution in [2.75, 3.05) is 55.6 Å². The van der Waals surface area contributed by atoms with E-state index in [1.165, 1.54) is 12.8 Å². The van der Waals surface area contributed by atoms with Gasteiger partial charge in [0.05, 0.1) is 6.33 Å². The fourth-order valence-electron chi connectivity index (χ4n) is 4.46. The van der Waals surface area contributed by atoms with Gasteiger partial charge in [0.25, 0.3) is 0 Å². The molecule has 28 heavy (non-hydrogen) atoms. The fraction of sp³-hybridized carbons (Fsp3) is 0.500. The molecule has 0 radical (unpaired) electrons. The van der Waals surface area contributed by atoms with Crippen LogP contribution in [0.5, 0.6) is 0 Å². The predicted octanol–water partition coefficient (Wildman–Crippen LogP) is 1.79. The second-order valence-electron chi connectivity index (χ2n) is 7.73. The predicted molar refractivity (Wildman–Crippen MR) is 110 cm³/mol. The van der Waals surface area contributed by atoms with Gasteiger partial charge in [0.1, 0.15) is 17.7 Å². The van der Waals surface area contributed by atoms with Crippen molar-refractivity contribution in [3.63, 3.8) is 0 Å². The van der Waals surface area contributed by atoms with Crippen molar-refractivity contribution in [2.24, 2.45) is 5.92 Å². The maximum absolute atomic E-state index is 4.54. The zero-order valence-electron chi connectivity index (χ0n) is 16.0. The maximum atomic E-state index is 4.54. The number of piperidine rings is 1. The van der Waals surface area contributed by atoms with E-state index in [1.807, 2.05) is 12.3 Å². The normalized spacial score (nSPS) is 21.4. The molecule has 0 aromatic carbocycles. The average molecular weight is 378 g/mol. The van der Waals surface area contributed by atoms with Gasteiger partial charge in [0.15, 0.2) is 11.5 Å². The Morgan fingerprint density at radius 1 is 0.964 bits per heavy atom. The highest BCUT2D eigenvalue weighted by atomic mass is 15.3. The summed E-state index contributed by atoms with van der Waals surface area (Å²) in [5.41, 5.74) is 1.70. The van der Waals surface area contributed by atoms with Gasteiger partial charge in [-0.05, 0) is 30.9 Å². The third-order valence-corrected chi connectivity index (χ3v) is 5.88. The minimum atomic E-state index is 0.670. The van der Waals surface area contributed by atoms with Crippen molar-refractivity contribution < 1.29 is 0 Å². The van der Waals surface area contributed by atoms with E-state index in [4.69, 9.17) is 0 Å². The van der Waals surface area contributed by atoms with Gasteiger partial charge >= 0.3 is 0 Å². The van der Waals surface area contributed by atoms with Gasteiger partial charge in [-0.15, -0.1) is 0 Å². The van der Waals surface area contributed by atoms with Crippen LogP contribution in [0.2, 0.25) is 0 Å². The number of anilines is 2. The van der Waals surface area contributed by atoms with Crippen molar-refractivity contribution >= 4 is 22.8 Å². The van der Waals surface area contributed by atoms with Crippen molar-refractivity contribution in [3.05, 3.63) is 37.1 Å². The quantitative estimate of drug-likeness (QED) is 0.742. The Balaban J connectivity index is 1.19. The molecule has 0 aliphatic carbocycles. The van der Waals surface area contributed by atoms with Crippen LogP contribution < -0.4 is 9.80 Å². The highest BCUT2D eigenvalue weighted by Gasteiger charge is 2.26. The topological polar surface area (TPSA) is 77.1 Å². The van der Waals surface area contributed by atoms with E-state index in [9.17, 15) is 0 Å². The van der Waals surface area contributed by atoms with Gasteiger partial charge in [-0.3, -0.25) is 4.90 Å². The van der Waals surface area contributed by atoms with Crippen LogP contribution in [0.15, 0.2) is 37.1 Å². The van der Waals surface area contributed by atoms with E-state index < -0.39 is 0 Å². The lowest BCUT2D eigenvalue weighted by molar-refractivity contribution is 0.205. The second kappa shape index (κ2) is 7.71. The second-order valence-corrected chi connectivity index (χ2v) is 7.73. The molecule has 2 saturated heterocycles. The van der Waals surface area contributed by atoms with Crippen molar-refractivity contribution in [1.82, 2.24) is 29.8 Å². The Bertz CT molecular complexity index is 903. The fourth-order valence-corrected chi connectivity index (χ4v) is 4.46. The van der Waals surface area contributed by atoms with Crippen LogP contribution in [0, 0.1) is 5.92 Å². The van der Waals surface area contributed by atoms with Gasteiger partial charge < -0.3 is 14.8 Å². The molecular weight excluding hydrogens is 352 g/mol. The van der Waals surface area contributed by atoms with Gasteiger partial charge in [-0.1, -0.05) is 6.07 Å². The lowest BCUT2D eigenvalue weighted by Crippen LogP contribution is -2.50. The van der Waals surface area contributed by atoms with Crippen LogP contribution in [-0.2, 0) is 0 Å². The first kappa shape index (κ1) is 17.4. The van der Waals surface area contributed by atoms with E-state index in [1.54, 1.807) is 12.7 Å². The number of fused-ring (bicyclic) bond motifs is 1. The smallest absolute Gasteiger partial charge is 0.182 e. The molecule has 0 amide bonds. The molecule has 2 aliphatic rings. The Kier molecular flexibility index (Phi) is 4.78. The lowest BCUT2D eigenvalue weighted by Gasteiger charge is -2.40. The molecule has 3 aromatic heterocycles. The minimum Gasteiger partial charge on any atom is -0.354 e. The van der Waals surface area contributed by atoms with Crippen LogP contribution >= 0.6 is 0 Å². The summed E-state index contributed by atoms with van der Waals surface area (Å²) < 4.78 is 0. The molecule has 5 rings (SSSR count). The Hall–Kier alpha value is -2.74. The molecule has 8 heteroatoms. The number of aromatic nitrogens is 5. The molecule has 8 nitrogen and oxygen atoms in total. The molecule has 146 valence electrons. The van der Waals surface area contributed by atoms with Crippen LogP contribution in [0.4, 0.5) is 11.6 Å². The number of hydrogen-bond donors (Lipinski definition) is 1. The molecule has 2 aliphatic heterocycles. The summed E-state index contributed by atoms with van der Waals surface area (Å²) in [6.07, 6.45) is 7.69. The van der Waals surface area contributed by atoms with Crippen LogP contribution in [0.1, 0.15) is 12.8 Å². The summed E-state index contributed by atoms with van der Waals surface area (Å²) in [7, 11) is 0. The Morgan fingerprint density at radius 3 is 2.75 bits per heavy atom. The zero-order valence-corrected chi connectivity index (χ0v) is 16.0. The number of rotatable bonds is 4. The number of nitrogens with zero attached hydrogens (tertiary/aromatic N) is 7. The minimum absolute atomic E-state index is 0.670. The monoisotopic (exact) mass is 378 g/mol. The highest BCUT2D eigenvalue weighted by Crippen LogP contribution is 2.26. The molecule has 1 N–H and O–H groups in total. The number of imidazole rings is 1. The van der Waals surface area contributed by atoms with Crippen LogP contribution in [-0.4, -0.2) is 75.6 Å². The van der Waals surface area contributed by atoms with Gasteiger partial charge in [-0.25, -0.2) is 19.9 Å². The molecule has 1 atom stereocenters. The van der Waals surface area contributed by atoms with Crippen LogP contribution in [0.25, 0.3) is 11.2 Å². The van der Waals surface area contributed by atoms with E-state index in [0.717, 1.165) is 68.6 Å². The Morgan fingerprint density at radius 2 is 1.89 bits per heavy atom. The van der Waals surface area contributed by atoms with Gasteiger partial charge in [-0.2, -0.15) is 0 Å². The third-order valence-electron chi connectivity index (χ3n) is 5.88. The molecule has 3 aromatic rings. The summed E-state index contributed by atoms with van der Waals surface area (Å²) in [5.74, 6) is 2.76. The molecule has 1 unspecified atom stereocenters. The molecule has 2 fully saturated rings. The molecule has 0 saturated carbocycles. The first-order chi connectivity index (χ1) is 13.9. The van der Waals surface area contributed by atoms with E-state index in [2.05, 4.69) is 51.8 Å². The summed E-state index contributed by atoms with van der Waals surface area (Å²) in [5, 5.41) is 0. The van der Waals surface area contributed by atoms with Crippen molar-refractivity contribution in [3.8, 4) is 0 Å². The van der Waals surface area contributed by atoms with Gasteiger partial charge in [0, 0.05) is 52.0 Å². The SMILES string of the molecule is c1ccc(N2CCN(CC3CCCN(c4ncnc5nc[nH]c45)C3)CC2)nc1. The number of aromatic amines is 1. The first-order valence-corrected chi connectivity index (χ1v) is 10.1. The van der Waals surface area contributed by atoms with E-state index in [-0.39, 0.29) is 0 Å². The number of piperazine rings is 1. The first-order valence-electron chi connectivity index (χ1n) is 10.1. The third kappa shape index (κ3) is 3.52. The molecule has 0 bridgehead atoms. The number of hydrogen-bond acceptors (Lipinski definition) is 7. The maximum Gasteiger partial charge on any atom is 0.182 e. The standard InChI is InChI=1S/C20H26N8/c1-2-6-21-17(5-1)27-10-8-26(9-11-27)12-16-4-3-7-28(13-16)20-18-19(23-14-22-18)24-15-25-20/h1-2,5-6,14-16H,3-4,7-13H2,(H,22,23,24,25). The molecule has 5 heterocycles. The van der Waals surface area contributed by atoms with Crippen molar-refractivity contribution in [2.45, 2.75) is 12.8 Å². The highest BCUT2D eigenvalue weighted by molar-refractivity contribution is 5.82. The summed E-state index contributed by atoms with van der Waals surface area (Å²) in [4.78, 5) is 28.1. The lowest BCUT2D eigenvalue weighted by atomic mass is 9.97. The average Bonchev–Trinajstić information content (AvgIpc) is 3.24. The number of pyridine rings is 1. The van der Waals surface area contributed by atoms with E-state index >= 15 is 0 Å². The summed E-state index contributed by atoms with van der Waals surface area (Å²) in [6.45, 7) is 7.56. The van der Waals surface area contributed by atoms with Crippen molar-refractivity contribution in [1.29, 1.82) is 0 Å².